The molecule has 1 N–H and O–H groups in total. The lowest BCUT2D eigenvalue weighted by atomic mass is 10.0. The molecule has 0 aromatic heterocycles. The molecule has 1 atom stereocenters. The Kier molecular flexibility index (Phi) is 4.19. The first-order chi connectivity index (χ1) is 10.5. The number of carbonyl (C=O) groups excluding carboxylic acids is 2. The number of rotatable bonds is 5. The van der Waals surface area contributed by atoms with E-state index in [9.17, 15) is 9.59 Å². The molecule has 1 aromatic rings. The quantitative estimate of drug-likeness (QED) is 0.908. The minimum absolute atomic E-state index is 0.0485. The maximum absolute atomic E-state index is 12.2. The van der Waals surface area contributed by atoms with Crippen molar-refractivity contribution in [3.05, 3.63) is 35.4 Å². The fraction of sp³-hybridized carbons (Fsp3) is 0.556. The highest BCUT2D eigenvalue weighted by molar-refractivity contribution is 5.94. The number of hydrogen-bond acceptors (Lipinski definition) is 2. The molecule has 3 rings (SSSR count). The second-order valence-corrected chi connectivity index (χ2v) is 6.83. The Labute approximate surface area is 131 Å². The van der Waals surface area contributed by atoms with Crippen LogP contribution in [-0.2, 0) is 4.79 Å². The fourth-order valence-corrected chi connectivity index (χ4v) is 3.04. The molecule has 22 heavy (non-hydrogen) atoms. The maximum Gasteiger partial charge on any atom is 0.251 e. The zero-order valence-corrected chi connectivity index (χ0v) is 13.3. The second-order valence-electron chi connectivity index (χ2n) is 6.83. The van der Waals surface area contributed by atoms with Gasteiger partial charge < -0.3 is 10.2 Å². The van der Waals surface area contributed by atoms with Crippen LogP contribution in [-0.4, -0.2) is 35.8 Å². The van der Waals surface area contributed by atoms with Crippen LogP contribution in [0.5, 0.6) is 0 Å². The molecule has 0 bridgehead atoms. The van der Waals surface area contributed by atoms with E-state index in [4.69, 9.17) is 0 Å². The smallest absolute Gasteiger partial charge is 0.251 e. The number of amides is 2. The van der Waals surface area contributed by atoms with Crippen LogP contribution in [0.2, 0.25) is 0 Å². The second kappa shape index (κ2) is 6.11. The summed E-state index contributed by atoms with van der Waals surface area (Å²) in [6.07, 6.45) is 2.86. The summed E-state index contributed by atoms with van der Waals surface area (Å²) in [7, 11) is 0. The molecule has 2 amide bonds. The van der Waals surface area contributed by atoms with Crippen molar-refractivity contribution in [3.63, 3.8) is 0 Å². The van der Waals surface area contributed by atoms with Crippen molar-refractivity contribution in [2.24, 2.45) is 5.92 Å². The number of nitrogens with one attached hydrogen (secondary N) is 1. The van der Waals surface area contributed by atoms with Crippen molar-refractivity contribution < 1.29 is 9.59 Å². The number of hydrogen-bond donors (Lipinski definition) is 1. The van der Waals surface area contributed by atoms with E-state index >= 15 is 0 Å². The summed E-state index contributed by atoms with van der Waals surface area (Å²) in [5.41, 5.74) is 1.92. The van der Waals surface area contributed by atoms with Gasteiger partial charge in [-0.2, -0.15) is 0 Å². The lowest BCUT2D eigenvalue weighted by Gasteiger charge is -2.15. The van der Waals surface area contributed by atoms with Crippen LogP contribution in [0, 0.1) is 5.92 Å². The van der Waals surface area contributed by atoms with E-state index in [2.05, 4.69) is 19.2 Å². The number of nitrogens with zero attached hydrogens (tertiary/aromatic N) is 1. The first kappa shape index (κ1) is 15.1. The SMILES string of the molecule is CC(C)c1ccc(C(=O)NCC2CC(=O)N(C3CC3)C2)cc1. The normalized spacial score (nSPS) is 21.5. The average molecular weight is 300 g/mol. The van der Waals surface area contributed by atoms with Crippen LogP contribution in [0.25, 0.3) is 0 Å². The molecule has 1 saturated carbocycles. The highest BCUT2D eigenvalue weighted by Crippen LogP contribution is 2.32. The van der Waals surface area contributed by atoms with Gasteiger partial charge in [0.15, 0.2) is 0 Å². The van der Waals surface area contributed by atoms with Gasteiger partial charge in [-0.25, -0.2) is 0 Å². The predicted molar refractivity (Wildman–Crippen MR) is 85.7 cm³/mol. The molecule has 1 aromatic carbocycles. The van der Waals surface area contributed by atoms with Crippen molar-refractivity contribution in [3.8, 4) is 0 Å². The lowest BCUT2D eigenvalue weighted by molar-refractivity contribution is -0.128. The van der Waals surface area contributed by atoms with Gasteiger partial charge in [-0.1, -0.05) is 26.0 Å². The van der Waals surface area contributed by atoms with Crippen molar-refractivity contribution >= 4 is 11.8 Å². The first-order valence-electron chi connectivity index (χ1n) is 8.22. The molecule has 1 saturated heterocycles. The van der Waals surface area contributed by atoms with Crippen LogP contribution in [0.3, 0.4) is 0 Å². The Morgan fingerprint density at radius 1 is 1.27 bits per heavy atom. The molecule has 118 valence electrons. The van der Waals surface area contributed by atoms with Crippen LogP contribution in [0.15, 0.2) is 24.3 Å². The Morgan fingerprint density at radius 3 is 2.55 bits per heavy atom. The van der Waals surface area contributed by atoms with Gasteiger partial charge in [-0.3, -0.25) is 9.59 Å². The van der Waals surface area contributed by atoms with Crippen LogP contribution in [0.1, 0.15) is 54.9 Å². The third kappa shape index (κ3) is 3.32. The average Bonchev–Trinajstić information content (AvgIpc) is 3.28. The third-order valence-electron chi connectivity index (χ3n) is 4.62. The van der Waals surface area contributed by atoms with Crippen molar-refractivity contribution in [1.29, 1.82) is 0 Å². The summed E-state index contributed by atoms with van der Waals surface area (Å²) in [6.45, 7) is 5.66. The lowest BCUT2D eigenvalue weighted by Crippen LogP contribution is -2.32. The van der Waals surface area contributed by atoms with Crippen LogP contribution >= 0.6 is 0 Å². The minimum atomic E-state index is -0.0485. The molecule has 1 aliphatic heterocycles. The molecule has 2 aliphatic rings. The number of carbonyl (C=O) groups is 2. The molecule has 4 heteroatoms. The van der Waals surface area contributed by atoms with E-state index in [0.717, 1.165) is 19.4 Å². The zero-order valence-electron chi connectivity index (χ0n) is 13.3. The molecule has 1 unspecified atom stereocenters. The Bertz CT molecular complexity index is 561. The summed E-state index contributed by atoms with van der Waals surface area (Å²) in [5, 5.41) is 2.97. The van der Waals surface area contributed by atoms with Crippen LogP contribution in [0.4, 0.5) is 0 Å². The van der Waals surface area contributed by atoms with E-state index in [1.165, 1.54) is 5.56 Å². The van der Waals surface area contributed by atoms with E-state index < -0.39 is 0 Å². The molecule has 1 heterocycles. The molecule has 1 aliphatic carbocycles. The summed E-state index contributed by atoms with van der Waals surface area (Å²) in [5.74, 6) is 0.928. The standard InChI is InChI=1S/C18H24N2O2/c1-12(2)14-3-5-15(6-4-14)18(22)19-10-13-9-17(21)20(11-13)16-7-8-16/h3-6,12-13,16H,7-11H2,1-2H3,(H,19,22). The van der Waals surface area contributed by atoms with E-state index in [-0.39, 0.29) is 17.7 Å². The van der Waals surface area contributed by atoms with E-state index in [1.54, 1.807) is 0 Å². The fourth-order valence-electron chi connectivity index (χ4n) is 3.04. The van der Waals surface area contributed by atoms with Gasteiger partial charge in [0.05, 0.1) is 0 Å². The summed E-state index contributed by atoms with van der Waals surface area (Å²) >= 11 is 0. The Hall–Kier alpha value is -1.84. The summed E-state index contributed by atoms with van der Waals surface area (Å²) in [6, 6.07) is 8.25. The van der Waals surface area contributed by atoms with Gasteiger partial charge in [0.2, 0.25) is 5.91 Å². The molecular weight excluding hydrogens is 276 g/mol. The van der Waals surface area contributed by atoms with Crippen molar-refractivity contribution in [2.45, 2.75) is 45.1 Å². The monoisotopic (exact) mass is 300 g/mol. The highest BCUT2D eigenvalue weighted by atomic mass is 16.2. The van der Waals surface area contributed by atoms with Crippen molar-refractivity contribution in [2.75, 3.05) is 13.1 Å². The summed E-state index contributed by atoms with van der Waals surface area (Å²) < 4.78 is 0. The molecule has 0 spiro atoms. The number of likely N-dealkylation sites (tertiary alicyclic amines) is 1. The third-order valence-corrected chi connectivity index (χ3v) is 4.62. The maximum atomic E-state index is 12.2. The molecular formula is C18H24N2O2. The highest BCUT2D eigenvalue weighted by Gasteiger charge is 2.39. The van der Waals surface area contributed by atoms with Gasteiger partial charge >= 0.3 is 0 Å². The first-order valence-corrected chi connectivity index (χ1v) is 8.22. The van der Waals surface area contributed by atoms with Gasteiger partial charge in [0, 0.05) is 37.0 Å². The van der Waals surface area contributed by atoms with Gasteiger partial charge in [-0.05, 0) is 36.5 Å². The predicted octanol–water partition coefficient (Wildman–Crippen LogP) is 2.55. The Morgan fingerprint density at radius 2 is 1.95 bits per heavy atom. The topological polar surface area (TPSA) is 49.4 Å². The minimum Gasteiger partial charge on any atom is -0.352 e. The molecule has 2 fully saturated rings. The zero-order chi connectivity index (χ0) is 15.7. The van der Waals surface area contributed by atoms with Crippen LogP contribution < -0.4 is 5.32 Å². The van der Waals surface area contributed by atoms with Gasteiger partial charge in [0.25, 0.3) is 5.91 Å². The largest absolute Gasteiger partial charge is 0.352 e. The molecule has 0 radical (unpaired) electrons. The summed E-state index contributed by atoms with van der Waals surface area (Å²) in [4.78, 5) is 26.1. The van der Waals surface area contributed by atoms with Crippen molar-refractivity contribution in [1.82, 2.24) is 10.2 Å². The van der Waals surface area contributed by atoms with E-state index in [0.29, 0.717) is 30.5 Å². The van der Waals surface area contributed by atoms with Gasteiger partial charge in [0.1, 0.15) is 0 Å². The van der Waals surface area contributed by atoms with E-state index in [1.807, 2.05) is 29.2 Å². The molecule has 4 nitrogen and oxygen atoms in total. The van der Waals surface area contributed by atoms with Gasteiger partial charge in [-0.15, -0.1) is 0 Å². The number of benzene rings is 1. The Balaban J connectivity index is 1.51.